The van der Waals surface area contributed by atoms with E-state index in [4.69, 9.17) is 0 Å². The summed E-state index contributed by atoms with van der Waals surface area (Å²) in [6.07, 6.45) is 3.31. The van der Waals surface area contributed by atoms with E-state index in [0.29, 0.717) is 24.1 Å². The molecule has 4 rings (SSSR count). The molecule has 2 aliphatic rings. The van der Waals surface area contributed by atoms with Gasteiger partial charge in [0.15, 0.2) is 0 Å². The minimum absolute atomic E-state index is 0.0903. The first-order valence-corrected chi connectivity index (χ1v) is 10.7. The molecule has 1 heterocycles. The lowest BCUT2D eigenvalue weighted by Crippen LogP contribution is -2.51. The van der Waals surface area contributed by atoms with Crippen LogP contribution in [0, 0.1) is 5.82 Å². The molecule has 1 aliphatic heterocycles. The van der Waals surface area contributed by atoms with Crippen molar-refractivity contribution in [1.82, 2.24) is 9.80 Å². The lowest BCUT2D eigenvalue weighted by molar-refractivity contribution is -0.115. The van der Waals surface area contributed by atoms with Gasteiger partial charge >= 0.3 is 0 Å². The summed E-state index contributed by atoms with van der Waals surface area (Å²) in [4.78, 5) is 16.7. The number of nitrogens with zero attached hydrogens (tertiary/aromatic N) is 2. The summed E-state index contributed by atoms with van der Waals surface area (Å²) < 4.78 is 15.0. The number of piperazine rings is 1. The molecule has 1 saturated carbocycles. The van der Waals surface area contributed by atoms with E-state index in [0.717, 1.165) is 45.6 Å². The maximum Gasteiger partial charge on any atom is 0.224 e. The minimum Gasteiger partial charge on any atom is -0.324 e. The quantitative estimate of drug-likeness (QED) is 0.768. The van der Waals surface area contributed by atoms with E-state index in [1.54, 1.807) is 13.0 Å². The van der Waals surface area contributed by atoms with Gasteiger partial charge in [0.1, 0.15) is 5.82 Å². The molecule has 29 heavy (non-hydrogen) atoms. The van der Waals surface area contributed by atoms with Crippen molar-refractivity contribution in [3.8, 4) is 0 Å². The average molecular weight is 396 g/mol. The van der Waals surface area contributed by atoms with Crippen LogP contribution in [-0.2, 0) is 17.8 Å². The molecule has 2 fully saturated rings. The largest absolute Gasteiger partial charge is 0.324 e. The van der Waals surface area contributed by atoms with Gasteiger partial charge in [-0.3, -0.25) is 14.6 Å². The number of nitrogens with one attached hydrogen (secondary N) is 1. The highest BCUT2D eigenvalue weighted by Gasteiger charge is 2.48. The number of carbonyl (C=O) groups excluding carboxylic acids is 1. The van der Waals surface area contributed by atoms with Crippen LogP contribution in [0.4, 0.5) is 10.1 Å². The van der Waals surface area contributed by atoms with Crippen LogP contribution in [0.15, 0.2) is 48.5 Å². The van der Waals surface area contributed by atoms with Gasteiger partial charge in [0.05, 0.1) is 5.69 Å². The normalized spacial score (nSPS) is 19.1. The SMILES string of the molecule is CCC(=O)Nc1cccc(CC2(N3CCN(Cc4ccccc4)CC3)CC2)c1F. The van der Waals surface area contributed by atoms with E-state index >= 15 is 0 Å². The van der Waals surface area contributed by atoms with Gasteiger partial charge in [-0.05, 0) is 36.5 Å². The number of anilines is 1. The van der Waals surface area contributed by atoms with Gasteiger partial charge in [-0.1, -0.05) is 49.4 Å². The lowest BCUT2D eigenvalue weighted by Gasteiger charge is -2.40. The van der Waals surface area contributed by atoms with Gasteiger partial charge in [0, 0.05) is 44.7 Å². The zero-order valence-corrected chi connectivity index (χ0v) is 17.2. The number of hydrogen-bond donors (Lipinski definition) is 1. The molecule has 1 saturated heterocycles. The van der Waals surface area contributed by atoms with Gasteiger partial charge in [0.25, 0.3) is 0 Å². The Bertz CT molecular complexity index is 842. The number of hydrogen-bond acceptors (Lipinski definition) is 3. The predicted molar refractivity (Wildman–Crippen MR) is 114 cm³/mol. The molecule has 1 amide bonds. The van der Waals surface area contributed by atoms with Gasteiger partial charge in [-0.2, -0.15) is 0 Å². The monoisotopic (exact) mass is 395 g/mol. The molecular weight excluding hydrogens is 365 g/mol. The Balaban J connectivity index is 1.37. The molecule has 0 bridgehead atoms. The second-order valence-electron chi connectivity index (χ2n) is 8.33. The van der Waals surface area contributed by atoms with Crippen LogP contribution in [0.5, 0.6) is 0 Å². The number of rotatable bonds is 7. The van der Waals surface area contributed by atoms with Crippen LogP contribution in [0.25, 0.3) is 0 Å². The van der Waals surface area contributed by atoms with Crippen molar-refractivity contribution in [1.29, 1.82) is 0 Å². The summed E-state index contributed by atoms with van der Waals surface area (Å²) in [5, 5.41) is 2.68. The van der Waals surface area contributed by atoms with Crippen LogP contribution in [0.1, 0.15) is 37.3 Å². The zero-order valence-electron chi connectivity index (χ0n) is 17.2. The summed E-state index contributed by atoms with van der Waals surface area (Å²) in [6, 6.07) is 16.0. The maximum absolute atomic E-state index is 15.0. The highest BCUT2D eigenvalue weighted by atomic mass is 19.1. The van der Waals surface area contributed by atoms with Crippen molar-refractivity contribution in [2.75, 3.05) is 31.5 Å². The van der Waals surface area contributed by atoms with Crippen LogP contribution >= 0.6 is 0 Å². The molecule has 154 valence electrons. The summed E-state index contributed by atoms with van der Waals surface area (Å²) in [5.74, 6) is -0.431. The highest BCUT2D eigenvalue weighted by molar-refractivity contribution is 5.90. The molecular formula is C24H30FN3O. The molecule has 0 atom stereocenters. The Kier molecular flexibility index (Phi) is 5.97. The van der Waals surface area contributed by atoms with E-state index in [9.17, 15) is 9.18 Å². The van der Waals surface area contributed by atoms with Crippen molar-refractivity contribution < 1.29 is 9.18 Å². The van der Waals surface area contributed by atoms with Crippen LogP contribution in [-0.4, -0.2) is 47.4 Å². The van der Waals surface area contributed by atoms with Crippen molar-refractivity contribution in [2.45, 2.75) is 44.7 Å². The Morgan fingerprint density at radius 3 is 2.41 bits per heavy atom. The third-order valence-corrected chi connectivity index (χ3v) is 6.31. The zero-order chi connectivity index (χ0) is 20.3. The van der Waals surface area contributed by atoms with Crippen LogP contribution in [0.2, 0.25) is 0 Å². The molecule has 4 nitrogen and oxygen atoms in total. The fraction of sp³-hybridized carbons (Fsp3) is 0.458. The van der Waals surface area contributed by atoms with E-state index in [2.05, 4.69) is 45.4 Å². The predicted octanol–water partition coefficient (Wildman–Crippen LogP) is 4.07. The summed E-state index contributed by atoms with van der Waals surface area (Å²) in [6.45, 7) is 6.92. The first-order chi connectivity index (χ1) is 14.1. The topological polar surface area (TPSA) is 35.6 Å². The number of carbonyl (C=O) groups is 1. The molecule has 0 radical (unpaired) electrons. The Labute approximate surface area is 172 Å². The van der Waals surface area contributed by atoms with E-state index < -0.39 is 0 Å². The Hall–Kier alpha value is -2.24. The van der Waals surface area contributed by atoms with Crippen molar-refractivity contribution in [3.05, 3.63) is 65.5 Å². The number of halogens is 1. The minimum atomic E-state index is -0.275. The van der Waals surface area contributed by atoms with E-state index in [-0.39, 0.29) is 17.3 Å². The molecule has 2 aromatic carbocycles. The summed E-state index contributed by atoms with van der Waals surface area (Å²) in [5.41, 5.74) is 2.46. The second kappa shape index (κ2) is 8.64. The molecule has 1 aliphatic carbocycles. The average Bonchev–Trinajstić information content (AvgIpc) is 3.53. The summed E-state index contributed by atoms with van der Waals surface area (Å²) >= 11 is 0. The Morgan fingerprint density at radius 2 is 1.76 bits per heavy atom. The van der Waals surface area contributed by atoms with Gasteiger partial charge in [0.2, 0.25) is 5.91 Å². The molecule has 0 unspecified atom stereocenters. The fourth-order valence-corrected chi connectivity index (χ4v) is 4.38. The van der Waals surface area contributed by atoms with Crippen LogP contribution in [0.3, 0.4) is 0 Å². The Morgan fingerprint density at radius 1 is 1.03 bits per heavy atom. The smallest absolute Gasteiger partial charge is 0.224 e. The standard InChI is InChI=1S/C24H30FN3O/c1-2-22(29)26-21-10-6-9-20(23(21)25)17-24(11-12-24)28-15-13-27(14-16-28)18-19-7-4-3-5-8-19/h3-10H,2,11-18H2,1H3,(H,26,29). The molecule has 0 aromatic heterocycles. The van der Waals surface area contributed by atoms with Gasteiger partial charge < -0.3 is 5.32 Å². The first kappa shape index (κ1) is 20.0. The second-order valence-corrected chi connectivity index (χ2v) is 8.33. The molecule has 0 spiro atoms. The van der Waals surface area contributed by atoms with Gasteiger partial charge in [-0.25, -0.2) is 4.39 Å². The molecule has 2 aromatic rings. The van der Waals surface area contributed by atoms with E-state index in [1.165, 1.54) is 5.56 Å². The van der Waals surface area contributed by atoms with Crippen molar-refractivity contribution in [2.24, 2.45) is 0 Å². The van der Waals surface area contributed by atoms with E-state index in [1.807, 2.05) is 12.1 Å². The lowest BCUT2D eigenvalue weighted by atomic mass is 10.00. The third kappa shape index (κ3) is 4.68. The fourth-order valence-electron chi connectivity index (χ4n) is 4.38. The maximum atomic E-state index is 15.0. The number of amides is 1. The first-order valence-electron chi connectivity index (χ1n) is 10.7. The molecule has 1 N–H and O–H groups in total. The highest BCUT2D eigenvalue weighted by Crippen LogP contribution is 2.45. The summed E-state index contributed by atoms with van der Waals surface area (Å²) in [7, 11) is 0. The van der Waals surface area contributed by atoms with Crippen molar-refractivity contribution >= 4 is 11.6 Å². The van der Waals surface area contributed by atoms with Crippen molar-refractivity contribution in [3.63, 3.8) is 0 Å². The molecule has 5 heteroatoms. The van der Waals surface area contributed by atoms with Gasteiger partial charge in [-0.15, -0.1) is 0 Å². The number of benzene rings is 2. The third-order valence-electron chi connectivity index (χ3n) is 6.31. The van der Waals surface area contributed by atoms with Crippen LogP contribution < -0.4 is 5.32 Å².